The average molecular weight is 366 g/mol. The number of nitrogens with zero attached hydrogens (tertiary/aromatic N) is 1. The number of halogens is 2. The lowest BCUT2D eigenvalue weighted by Crippen LogP contribution is -2.34. The number of thiocarbonyl (C=S) groups is 1. The third kappa shape index (κ3) is 3.84. The standard InChI is InChI=1S/C10H10Br2N2OS/c1-14(5-9(13)16)10(15)6-2-7(11)4-8(12)3-6/h2-4H,5H2,1H3,(H2,13,16). The Labute approximate surface area is 116 Å². The van der Waals surface area contributed by atoms with Crippen molar-refractivity contribution in [1.29, 1.82) is 0 Å². The molecule has 2 N–H and O–H groups in total. The van der Waals surface area contributed by atoms with E-state index in [0.29, 0.717) is 10.6 Å². The number of likely N-dealkylation sites (N-methyl/N-ethyl adjacent to an activating group) is 1. The van der Waals surface area contributed by atoms with Crippen LogP contribution in [0.4, 0.5) is 0 Å². The summed E-state index contributed by atoms with van der Waals surface area (Å²) in [6, 6.07) is 5.37. The molecule has 3 nitrogen and oxygen atoms in total. The van der Waals surface area contributed by atoms with Gasteiger partial charge in [-0.05, 0) is 18.2 Å². The Kier molecular flexibility index (Phi) is 4.89. The van der Waals surface area contributed by atoms with Gasteiger partial charge in [0.2, 0.25) is 0 Å². The van der Waals surface area contributed by atoms with Gasteiger partial charge in [0.15, 0.2) is 0 Å². The zero-order valence-electron chi connectivity index (χ0n) is 8.54. The molecule has 16 heavy (non-hydrogen) atoms. The Balaban J connectivity index is 2.91. The molecule has 1 aromatic carbocycles. The van der Waals surface area contributed by atoms with Gasteiger partial charge < -0.3 is 10.6 Å². The highest BCUT2D eigenvalue weighted by Gasteiger charge is 2.13. The molecule has 6 heteroatoms. The van der Waals surface area contributed by atoms with Crippen molar-refractivity contribution in [2.45, 2.75) is 0 Å². The first kappa shape index (κ1) is 13.6. The minimum absolute atomic E-state index is 0.116. The van der Waals surface area contributed by atoms with Gasteiger partial charge in [0.25, 0.3) is 5.91 Å². The number of benzene rings is 1. The monoisotopic (exact) mass is 364 g/mol. The number of carbonyl (C=O) groups is 1. The second kappa shape index (κ2) is 5.75. The minimum atomic E-state index is -0.116. The largest absolute Gasteiger partial charge is 0.392 e. The summed E-state index contributed by atoms with van der Waals surface area (Å²) in [5.41, 5.74) is 5.97. The molecule has 0 heterocycles. The lowest BCUT2D eigenvalue weighted by Gasteiger charge is -2.16. The Morgan fingerprint density at radius 3 is 2.31 bits per heavy atom. The van der Waals surface area contributed by atoms with Gasteiger partial charge >= 0.3 is 0 Å². The predicted octanol–water partition coefficient (Wildman–Crippen LogP) is 2.57. The number of hydrogen-bond donors (Lipinski definition) is 1. The summed E-state index contributed by atoms with van der Waals surface area (Å²) in [6.45, 7) is 0.276. The predicted molar refractivity (Wildman–Crippen MR) is 75.6 cm³/mol. The molecule has 0 aliphatic carbocycles. The molecule has 0 saturated heterocycles. The van der Waals surface area contributed by atoms with Crippen molar-refractivity contribution in [2.75, 3.05) is 13.6 Å². The van der Waals surface area contributed by atoms with Crippen LogP contribution in [-0.4, -0.2) is 29.4 Å². The molecule has 0 aliphatic heterocycles. The molecule has 0 radical (unpaired) electrons. The molecule has 0 unspecified atom stereocenters. The second-order valence-electron chi connectivity index (χ2n) is 3.29. The highest BCUT2D eigenvalue weighted by atomic mass is 79.9. The SMILES string of the molecule is CN(CC(N)=S)C(=O)c1cc(Br)cc(Br)c1. The van der Waals surface area contributed by atoms with Crippen molar-refractivity contribution in [2.24, 2.45) is 5.73 Å². The topological polar surface area (TPSA) is 46.3 Å². The highest BCUT2D eigenvalue weighted by molar-refractivity contribution is 9.11. The van der Waals surface area contributed by atoms with E-state index in [1.807, 2.05) is 6.07 Å². The van der Waals surface area contributed by atoms with Gasteiger partial charge in [-0.25, -0.2) is 0 Å². The lowest BCUT2D eigenvalue weighted by molar-refractivity contribution is 0.0815. The normalized spacial score (nSPS) is 9.94. The number of amides is 1. The van der Waals surface area contributed by atoms with Crippen molar-refractivity contribution in [3.8, 4) is 0 Å². The van der Waals surface area contributed by atoms with Crippen LogP contribution in [0.1, 0.15) is 10.4 Å². The first-order chi connectivity index (χ1) is 7.40. The fourth-order valence-electron chi connectivity index (χ4n) is 1.20. The summed E-state index contributed by atoms with van der Waals surface area (Å²) in [4.78, 5) is 13.7. The van der Waals surface area contributed by atoms with Crippen LogP contribution in [0.2, 0.25) is 0 Å². The molecule has 86 valence electrons. The van der Waals surface area contributed by atoms with Crippen LogP contribution >= 0.6 is 44.1 Å². The maximum absolute atomic E-state index is 12.0. The molecular formula is C10H10Br2N2OS. The van der Waals surface area contributed by atoms with E-state index >= 15 is 0 Å². The van der Waals surface area contributed by atoms with Crippen LogP contribution in [0.15, 0.2) is 27.1 Å². The van der Waals surface area contributed by atoms with Crippen molar-refractivity contribution >= 4 is 55.0 Å². The molecule has 0 atom stereocenters. The maximum Gasteiger partial charge on any atom is 0.254 e. The van der Waals surface area contributed by atoms with Gasteiger partial charge in [-0.3, -0.25) is 4.79 Å². The van der Waals surface area contributed by atoms with E-state index in [-0.39, 0.29) is 12.5 Å². The summed E-state index contributed by atoms with van der Waals surface area (Å²) in [6.07, 6.45) is 0. The Hall–Kier alpha value is -0.460. The van der Waals surface area contributed by atoms with Crippen LogP contribution in [0, 0.1) is 0 Å². The summed E-state index contributed by atoms with van der Waals surface area (Å²) < 4.78 is 1.68. The van der Waals surface area contributed by atoms with E-state index in [1.54, 1.807) is 19.2 Å². The first-order valence-electron chi connectivity index (χ1n) is 4.40. The summed E-state index contributed by atoms with van der Waals surface area (Å²) in [5.74, 6) is -0.116. The van der Waals surface area contributed by atoms with E-state index in [2.05, 4.69) is 31.9 Å². The molecule has 0 bridgehead atoms. The van der Waals surface area contributed by atoms with Gasteiger partial charge in [0, 0.05) is 21.6 Å². The summed E-state index contributed by atoms with van der Waals surface area (Å²) in [5, 5.41) is 0. The average Bonchev–Trinajstić information content (AvgIpc) is 2.13. The van der Waals surface area contributed by atoms with E-state index in [0.717, 1.165) is 8.95 Å². The van der Waals surface area contributed by atoms with Gasteiger partial charge in [0.05, 0.1) is 11.5 Å². The second-order valence-corrected chi connectivity index (χ2v) is 5.64. The molecule has 0 aromatic heterocycles. The third-order valence-corrected chi connectivity index (χ3v) is 2.89. The van der Waals surface area contributed by atoms with Gasteiger partial charge in [-0.2, -0.15) is 0 Å². The van der Waals surface area contributed by atoms with Gasteiger partial charge in [-0.15, -0.1) is 0 Å². The molecule has 1 aromatic rings. The van der Waals surface area contributed by atoms with Crippen LogP contribution in [-0.2, 0) is 0 Å². The third-order valence-electron chi connectivity index (χ3n) is 1.85. The van der Waals surface area contributed by atoms with Crippen molar-refractivity contribution in [1.82, 2.24) is 4.90 Å². The summed E-state index contributed by atoms with van der Waals surface area (Å²) >= 11 is 11.4. The molecule has 0 spiro atoms. The smallest absolute Gasteiger partial charge is 0.254 e. The van der Waals surface area contributed by atoms with Crippen LogP contribution in [0.3, 0.4) is 0 Å². The van der Waals surface area contributed by atoms with Crippen LogP contribution in [0.25, 0.3) is 0 Å². The van der Waals surface area contributed by atoms with Crippen molar-refractivity contribution in [3.05, 3.63) is 32.7 Å². The number of rotatable bonds is 3. The molecule has 1 rings (SSSR count). The quantitative estimate of drug-likeness (QED) is 0.837. The fraction of sp³-hybridized carbons (Fsp3) is 0.200. The maximum atomic E-state index is 12.0. The van der Waals surface area contributed by atoms with E-state index in [9.17, 15) is 4.79 Å². The van der Waals surface area contributed by atoms with Crippen molar-refractivity contribution < 1.29 is 4.79 Å². The summed E-state index contributed by atoms with van der Waals surface area (Å²) in [7, 11) is 1.66. The van der Waals surface area contributed by atoms with Gasteiger partial charge in [0.1, 0.15) is 0 Å². The Bertz CT molecular complexity index is 417. The van der Waals surface area contributed by atoms with E-state index < -0.39 is 0 Å². The van der Waals surface area contributed by atoms with E-state index in [1.165, 1.54) is 4.90 Å². The molecule has 0 fully saturated rings. The molecule has 0 aliphatic rings. The first-order valence-corrected chi connectivity index (χ1v) is 6.39. The zero-order chi connectivity index (χ0) is 12.3. The minimum Gasteiger partial charge on any atom is -0.392 e. The van der Waals surface area contributed by atoms with Crippen molar-refractivity contribution in [3.63, 3.8) is 0 Å². The van der Waals surface area contributed by atoms with E-state index in [4.69, 9.17) is 18.0 Å². The zero-order valence-corrected chi connectivity index (χ0v) is 12.5. The van der Waals surface area contributed by atoms with Crippen LogP contribution in [0.5, 0.6) is 0 Å². The number of nitrogens with two attached hydrogens (primary N) is 1. The number of hydrogen-bond acceptors (Lipinski definition) is 2. The fourth-order valence-corrected chi connectivity index (χ4v) is 2.69. The lowest BCUT2D eigenvalue weighted by atomic mass is 10.2. The molecule has 1 amide bonds. The van der Waals surface area contributed by atoms with Crippen LogP contribution < -0.4 is 5.73 Å². The van der Waals surface area contributed by atoms with Gasteiger partial charge in [-0.1, -0.05) is 44.1 Å². The number of carbonyl (C=O) groups excluding carboxylic acids is 1. The Morgan fingerprint density at radius 1 is 1.38 bits per heavy atom. The molecule has 0 saturated carbocycles. The molecular weight excluding hydrogens is 356 g/mol. The highest BCUT2D eigenvalue weighted by Crippen LogP contribution is 2.20. The Morgan fingerprint density at radius 2 is 1.88 bits per heavy atom.